The van der Waals surface area contributed by atoms with Gasteiger partial charge in [-0.25, -0.2) is 0 Å². The minimum absolute atomic E-state index is 0.305. The van der Waals surface area contributed by atoms with Gasteiger partial charge in [0, 0.05) is 13.0 Å². The fourth-order valence-electron chi connectivity index (χ4n) is 2.10. The second-order valence-electron chi connectivity index (χ2n) is 4.00. The summed E-state index contributed by atoms with van der Waals surface area (Å²) in [6.07, 6.45) is 3.42. The average molecular weight is 282 g/mol. The molecule has 0 aliphatic carbocycles. The molecule has 0 bridgehead atoms. The quantitative estimate of drug-likeness (QED) is 0.793. The summed E-state index contributed by atoms with van der Waals surface area (Å²) in [6, 6.07) is 5.91. The second-order valence-corrected chi connectivity index (χ2v) is 4.81. The zero-order valence-electron chi connectivity index (χ0n) is 8.77. The van der Waals surface area contributed by atoms with Crippen LogP contribution in [0.25, 0.3) is 5.65 Å². The third kappa shape index (κ3) is 1.74. The molecule has 0 radical (unpaired) electrons. The molecule has 0 amide bonds. The fourth-order valence-corrected chi connectivity index (χ4v) is 2.64. The summed E-state index contributed by atoms with van der Waals surface area (Å²) in [4.78, 5) is 0. The molecule has 1 atom stereocenters. The molecule has 1 unspecified atom stereocenters. The van der Waals surface area contributed by atoms with Gasteiger partial charge in [-0.3, -0.25) is 4.40 Å². The van der Waals surface area contributed by atoms with Crippen molar-refractivity contribution in [1.29, 1.82) is 0 Å². The SMILES string of the molecule is Brc1cccc2nnc(CC3CCCO3)n12. The van der Waals surface area contributed by atoms with E-state index in [0.717, 1.165) is 41.9 Å². The van der Waals surface area contributed by atoms with E-state index in [9.17, 15) is 0 Å². The monoisotopic (exact) mass is 281 g/mol. The molecule has 0 N–H and O–H groups in total. The van der Waals surface area contributed by atoms with Crippen molar-refractivity contribution >= 4 is 21.6 Å². The molecular formula is C11H12BrN3O. The summed E-state index contributed by atoms with van der Waals surface area (Å²) in [6.45, 7) is 0.878. The van der Waals surface area contributed by atoms with Gasteiger partial charge in [0.05, 0.1) is 10.7 Å². The summed E-state index contributed by atoms with van der Waals surface area (Å²) in [7, 11) is 0. The Morgan fingerprint density at radius 3 is 3.19 bits per heavy atom. The van der Waals surface area contributed by atoms with Gasteiger partial charge in [0.25, 0.3) is 0 Å². The van der Waals surface area contributed by atoms with Gasteiger partial charge in [0.2, 0.25) is 0 Å². The summed E-state index contributed by atoms with van der Waals surface area (Å²) in [5.41, 5.74) is 0.877. The lowest BCUT2D eigenvalue weighted by molar-refractivity contribution is 0.109. The third-order valence-corrected chi connectivity index (χ3v) is 3.50. The molecule has 0 spiro atoms. The Morgan fingerprint density at radius 1 is 1.44 bits per heavy atom. The molecule has 1 aliphatic heterocycles. The van der Waals surface area contributed by atoms with Crippen molar-refractivity contribution < 1.29 is 4.74 Å². The summed E-state index contributed by atoms with van der Waals surface area (Å²) in [5, 5.41) is 8.37. The van der Waals surface area contributed by atoms with E-state index in [2.05, 4.69) is 26.1 Å². The normalized spacial score (nSPS) is 20.7. The smallest absolute Gasteiger partial charge is 0.161 e. The van der Waals surface area contributed by atoms with Crippen LogP contribution in [-0.4, -0.2) is 27.3 Å². The number of rotatable bonds is 2. The predicted molar refractivity (Wildman–Crippen MR) is 63.4 cm³/mol. The van der Waals surface area contributed by atoms with Crippen LogP contribution < -0.4 is 0 Å². The molecule has 1 fully saturated rings. The average Bonchev–Trinajstić information content (AvgIpc) is 2.90. The van der Waals surface area contributed by atoms with Crippen LogP contribution in [0.5, 0.6) is 0 Å². The number of fused-ring (bicyclic) bond motifs is 1. The van der Waals surface area contributed by atoms with Crippen LogP contribution in [0.15, 0.2) is 22.8 Å². The lowest BCUT2D eigenvalue weighted by atomic mass is 10.2. The Hall–Kier alpha value is -0.940. The van der Waals surface area contributed by atoms with E-state index >= 15 is 0 Å². The number of aromatic nitrogens is 3. The van der Waals surface area contributed by atoms with Gasteiger partial charge >= 0.3 is 0 Å². The largest absolute Gasteiger partial charge is 0.378 e. The minimum atomic E-state index is 0.305. The first-order valence-corrected chi connectivity index (χ1v) is 6.24. The molecule has 3 rings (SSSR count). The van der Waals surface area contributed by atoms with E-state index in [1.807, 2.05) is 22.6 Å². The van der Waals surface area contributed by atoms with Crippen molar-refractivity contribution in [3.63, 3.8) is 0 Å². The molecule has 2 aromatic rings. The molecule has 3 heterocycles. The molecule has 2 aromatic heterocycles. The van der Waals surface area contributed by atoms with Crippen LogP contribution in [0.3, 0.4) is 0 Å². The highest BCUT2D eigenvalue weighted by Crippen LogP contribution is 2.19. The van der Waals surface area contributed by atoms with Gasteiger partial charge in [0.1, 0.15) is 5.82 Å². The molecule has 1 saturated heterocycles. The van der Waals surface area contributed by atoms with Crippen LogP contribution in [0, 0.1) is 0 Å². The van der Waals surface area contributed by atoms with Gasteiger partial charge in [-0.05, 0) is 40.9 Å². The Labute approximate surface area is 102 Å². The number of halogens is 1. The highest BCUT2D eigenvalue weighted by Gasteiger charge is 2.19. The highest BCUT2D eigenvalue weighted by molar-refractivity contribution is 9.10. The first-order chi connectivity index (χ1) is 7.84. The fraction of sp³-hybridized carbons (Fsp3) is 0.455. The van der Waals surface area contributed by atoms with E-state index < -0.39 is 0 Å². The molecule has 4 nitrogen and oxygen atoms in total. The van der Waals surface area contributed by atoms with Crippen LogP contribution >= 0.6 is 15.9 Å². The number of ether oxygens (including phenoxy) is 1. The molecule has 84 valence electrons. The summed E-state index contributed by atoms with van der Waals surface area (Å²) >= 11 is 3.52. The Kier molecular flexibility index (Phi) is 2.65. The first kappa shape index (κ1) is 10.2. The standard InChI is InChI=1S/C11H12BrN3O/c12-9-4-1-5-10-13-14-11(15(9)10)7-8-3-2-6-16-8/h1,4-5,8H,2-3,6-7H2. The van der Waals surface area contributed by atoms with Crippen LogP contribution in [-0.2, 0) is 11.2 Å². The maximum atomic E-state index is 5.62. The summed E-state index contributed by atoms with van der Waals surface area (Å²) < 4.78 is 8.64. The molecule has 0 aromatic carbocycles. The van der Waals surface area contributed by atoms with Crippen LogP contribution in [0.2, 0.25) is 0 Å². The minimum Gasteiger partial charge on any atom is -0.378 e. The predicted octanol–water partition coefficient (Wildman–Crippen LogP) is 2.21. The van der Waals surface area contributed by atoms with Gasteiger partial charge < -0.3 is 4.74 Å². The first-order valence-electron chi connectivity index (χ1n) is 5.45. The van der Waals surface area contributed by atoms with Crippen LogP contribution in [0.1, 0.15) is 18.7 Å². The van der Waals surface area contributed by atoms with Crippen molar-refractivity contribution in [2.45, 2.75) is 25.4 Å². The molecule has 1 aliphatic rings. The van der Waals surface area contributed by atoms with Gasteiger partial charge in [0.15, 0.2) is 5.65 Å². The van der Waals surface area contributed by atoms with E-state index in [1.54, 1.807) is 0 Å². The van der Waals surface area contributed by atoms with E-state index in [-0.39, 0.29) is 0 Å². The number of nitrogens with zero attached hydrogens (tertiary/aromatic N) is 3. The van der Waals surface area contributed by atoms with Crippen LogP contribution in [0.4, 0.5) is 0 Å². The number of hydrogen-bond donors (Lipinski definition) is 0. The lowest BCUT2D eigenvalue weighted by Crippen LogP contribution is -2.11. The van der Waals surface area contributed by atoms with E-state index in [4.69, 9.17) is 4.74 Å². The highest BCUT2D eigenvalue weighted by atomic mass is 79.9. The Bertz CT molecular complexity index is 505. The van der Waals surface area contributed by atoms with Crippen molar-refractivity contribution in [3.8, 4) is 0 Å². The number of pyridine rings is 1. The molecule has 16 heavy (non-hydrogen) atoms. The summed E-state index contributed by atoms with van der Waals surface area (Å²) in [5.74, 6) is 0.967. The molecular weight excluding hydrogens is 270 g/mol. The van der Waals surface area contributed by atoms with Crippen molar-refractivity contribution in [2.24, 2.45) is 0 Å². The van der Waals surface area contributed by atoms with E-state index in [1.165, 1.54) is 0 Å². The maximum absolute atomic E-state index is 5.62. The van der Waals surface area contributed by atoms with Crippen molar-refractivity contribution in [1.82, 2.24) is 14.6 Å². The van der Waals surface area contributed by atoms with Gasteiger partial charge in [-0.15, -0.1) is 10.2 Å². The topological polar surface area (TPSA) is 39.4 Å². The number of hydrogen-bond acceptors (Lipinski definition) is 3. The van der Waals surface area contributed by atoms with E-state index in [0.29, 0.717) is 6.10 Å². The molecule has 0 saturated carbocycles. The zero-order valence-corrected chi connectivity index (χ0v) is 10.4. The Balaban J connectivity index is 1.97. The molecule has 5 heteroatoms. The zero-order chi connectivity index (χ0) is 11.0. The van der Waals surface area contributed by atoms with Gasteiger partial charge in [-0.2, -0.15) is 0 Å². The lowest BCUT2D eigenvalue weighted by Gasteiger charge is -2.08. The van der Waals surface area contributed by atoms with Gasteiger partial charge in [-0.1, -0.05) is 6.07 Å². The second kappa shape index (κ2) is 4.14. The van der Waals surface area contributed by atoms with Crippen molar-refractivity contribution in [3.05, 3.63) is 28.6 Å². The third-order valence-electron chi connectivity index (χ3n) is 2.88. The van der Waals surface area contributed by atoms with Crippen molar-refractivity contribution in [2.75, 3.05) is 6.61 Å². The maximum Gasteiger partial charge on any atom is 0.161 e. The Morgan fingerprint density at radius 2 is 2.38 bits per heavy atom.